The zero-order chi connectivity index (χ0) is 20.3. The third-order valence-corrected chi connectivity index (χ3v) is 6.74. The predicted octanol–water partition coefficient (Wildman–Crippen LogP) is 2.89. The molecular weight excluding hydrogens is 405 g/mol. The number of nitriles is 1. The molecule has 0 radical (unpaired) electrons. The Morgan fingerprint density at radius 1 is 1.07 bits per heavy atom. The summed E-state index contributed by atoms with van der Waals surface area (Å²) in [5, 5.41) is 9.01. The minimum absolute atomic E-state index is 0.00908. The van der Waals surface area contributed by atoms with E-state index in [4.69, 9.17) is 16.9 Å². The Bertz CT molecular complexity index is 1040. The molecule has 146 valence electrons. The number of rotatable bonds is 3. The summed E-state index contributed by atoms with van der Waals surface area (Å²) in [6.07, 6.45) is 0.468. The van der Waals surface area contributed by atoms with Crippen molar-refractivity contribution in [3.05, 3.63) is 64.4 Å². The van der Waals surface area contributed by atoms with Crippen LogP contribution in [0, 0.1) is 17.1 Å². The van der Waals surface area contributed by atoms with Crippen LogP contribution in [0.25, 0.3) is 0 Å². The van der Waals surface area contributed by atoms with Gasteiger partial charge in [-0.15, -0.1) is 0 Å². The molecule has 1 amide bonds. The molecule has 28 heavy (non-hydrogen) atoms. The second-order valence-corrected chi connectivity index (χ2v) is 8.66. The van der Waals surface area contributed by atoms with Gasteiger partial charge in [0.25, 0.3) is 5.91 Å². The third kappa shape index (κ3) is 4.17. The zero-order valence-electron chi connectivity index (χ0n) is 14.8. The van der Waals surface area contributed by atoms with Crippen LogP contribution in [0.5, 0.6) is 0 Å². The van der Waals surface area contributed by atoms with Gasteiger partial charge in [-0.3, -0.25) is 4.79 Å². The van der Waals surface area contributed by atoms with E-state index in [2.05, 4.69) is 0 Å². The molecule has 0 atom stereocenters. The molecule has 0 spiro atoms. The molecule has 2 aromatic rings. The van der Waals surface area contributed by atoms with E-state index in [1.807, 2.05) is 6.07 Å². The van der Waals surface area contributed by atoms with Gasteiger partial charge in [0, 0.05) is 31.7 Å². The van der Waals surface area contributed by atoms with E-state index >= 15 is 0 Å². The number of benzene rings is 2. The van der Waals surface area contributed by atoms with E-state index in [-0.39, 0.29) is 41.0 Å². The van der Waals surface area contributed by atoms with Crippen molar-refractivity contribution in [3.63, 3.8) is 0 Å². The quantitative estimate of drug-likeness (QED) is 0.763. The SMILES string of the molecule is N#Cc1ccc(S(=O)(=O)N2CCCN(C(=O)c3ccc(F)cc3)CC2)cc1Cl. The summed E-state index contributed by atoms with van der Waals surface area (Å²) >= 11 is 5.97. The number of halogens is 2. The minimum Gasteiger partial charge on any atom is -0.337 e. The average Bonchev–Trinajstić information content (AvgIpc) is 2.94. The molecule has 0 aliphatic carbocycles. The van der Waals surface area contributed by atoms with Crippen LogP contribution in [-0.2, 0) is 10.0 Å². The van der Waals surface area contributed by atoms with E-state index in [0.717, 1.165) is 0 Å². The van der Waals surface area contributed by atoms with Crippen molar-refractivity contribution in [2.45, 2.75) is 11.3 Å². The monoisotopic (exact) mass is 421 g/mol. The number of hydrogen-bond donors (Lipinski definition) is 0. The van der Waals surface area contributed by atoms with Crippen LogP contribution in [0.3, 0.4) is 0 Å². The van der Waals surface area contributed by atoms with Gasteiger partial charge in [-0.1, -0.05) is 11.6 Å². The molecule has 0 bridgehead atoms. The third-order valence-electron chi connectivity index (χ3n) is 4.53. The number of hydrogen-bond acceptors (Lipinski definition) is 4. The molecule has 1 saturated heterocycles. The summed E-state index contributed by atoms with van der Waals surface area (Å²) in [5.41, 5.74) is 0.559. The standard InChI is InChI=1S/C19H17ClFN3O3S/c20-18-12-17(7-4-15(18)13-22)28(26,27)24-9-1-8-23(10-11-24)19(25)14-2-5-16(21)6-3-14/h2-7,12H,1,8-11H2. The molecule has 2 aromatic carbocycles. The number of sulfonamides is 1. The predicted molar refractivity (Wildman–Crippen MR) is 102 cm³/mol. The molecule has 3 rings (SSSR count). The molecule has 1 heterocycles. The maximum atomic E-state index is 13.1. The van der Waals surface area contributed by atoms with Gasteiger partial charge in [0.2, 0.25) is 10.0 Å². The molecule has 0 unspecified atom stereocenters. The van der Waals surface area contributed by atoms with Gasteiger partial charge in [-0.05, 0) is 48.9 Å². The van der Waals surface area contributed by atoms with Crippen molar-refractivity contribution in [1.82, 2.24) is 9.21 Å². The highest BCUT2D eigenvalue weighted by Crippen LogP contribution is 2.24. The van der Waals surface area contributed by atoms with Crippen molar-refractivity contribution >= 4 is 27.5 Å². The molecule has 6 nitrogen and oxygen atoms in total. The van der Waals surface area contributed by atoms with Gasteiger partial charge in [-0.2, -0.15) is 9.57 Å². The Labute approximate surface area is 167 Å². The molecule has 0 N–H and O–H groups in total. The molecule has 1 fully saturated rings. The second-order valence-electron chi connectivity index (χ2n) is 6.31. The van der Waals surface area contributed by atoms with E-state index in [9.17, 15) is 17.6 Å². The molecule has 0 aromatic heterocycles. The summed E-state index contributed by atoms with van der Waals surface area (Å²) in [6, 6.07) is 11.1. The van der Waals surface area contributed by atoms with Gasteiger partial charge in [-0.25, -0.2) is 12.8 Å². The first-order valence-electron chi connectivity index (χ1n) is 8.57. The van der Waals surface area contributed by atoms with E-state index < -0.39 is 15.8 Å². The lowest BCUT2D eigenvalue weighted by molar-refractivity contribution is 0.0764. The zero-order valence-corrected chi connectivity index (χ0v) is 16.4. The van der Waals surface area contributed by atoms with E-state index in [1.165, 1.54) is 46.8 Å². The van der Waals surface area contributed by atoms with Gasteiger partial charge in [0.1, 0.15) is 11.9 Å². The Morgan fingerprint density at radius 3 is 2.43 bits per heavy atom. The minimum atomic E-state index is -3.80. The Balaban J connectivity index is 1.75. The Morgan fingerprint density at radius 2 is 1.79 bits per heavy atom. The largest absolute Gasteiger partial charge is 0.337 e. The summed E-state index contributed by atoms with van der Waals surface area (Å²) in [6.45, 7) is 1.01. The van der Waals surface area contributed by atoms with Crippen molar-refractivity contribution in [1.29, 1.82) is 5.26 Å². The first kappa shape index (κ1) is 20.3. The topological polar surface area (TPSA) is 81.5 Å². The normalized spacial score (nSPS) is 15.7. The summed E-state index contributed by atoms with van der Waals surface area (Å²) in [7, 11) is -3.80. The van der Waals surface area contributed by atoms with Gasteiger partial charge < -0.3 is 4.90 Å². The highest BCUT2D eigenvalue weighted by molar-refractivity contribution is 7.89. The number of carbonyl (C=O) groups is 1. The fraction of sp³-hybridized carbons (Fsp3) is 0.263. The molecule has 9 heteroatoms. The highest BCUT2D eigenvalue weighted by atomic mass is 35.5. The summed E-state index contributed by atoms with van der Waals surface area (Å²) in [5.74, 6) is -0.688. The highest BCUT2D eigenvalue weighted by Gasteiger charge is 2.29. The van der Waals surface area contributed by atoms with Crippen LogP contribution in [-0.4, -0.2) is 49.7 Å². The van der Waals surface area contributed by atoms with Crippen LogP contribution in [0.1, 0.15) is 22.3 Å². The second kappa shape index (κ2) is 8.27. The van der Waals surface area contributed by atoms with Crippen molar-refractivity contribution in [2.24, 2.45) is 0 Å². The van der Waals surface area contributed by atoms with E-state index in [1.54, 1.807) is 4.90 Å². The van der Waals surface area contributed by atoms with Gasteiger partial charge in [0.15, 0.2) is 0 Å². The lowest BCUT2D eigenvalue weighted by atomic mass is 10.2. The Hall–Kier alpha value is -2.47. The maximum Gasteiger partial charge on any atom is 0.253 e. The lowest BCUT2D eigenvalue weighted by Crippen LogP contribution is -2.37. The molecule has 1 aliphatic heterocycles. The smallest absolute Gasteiger partial charge is 0.253 e. The molecule has 1 aliphatic rings. The van der Waals surface area contributed by atoms with Crippen LogP contribution in [0.2, 0.25) is 5.02 Å². The van der Waals surface area contributed by atoms with Crippen molar-refractivity contribution < 1.29 is 17.6 Å². The first-order chi connectivity index (χ1) is 13.3. The van der Waals surface area contributed by atoms with Crippen LogP contribution < -0.4 is 0 Å². The fourth-order valence-electron chi connectivity index (χ4n) is 3.01. The maximum absolute atomic E-state index is 13.1. The summed E-state index contributed by atoms with van der Waals surface area (Å²) in [4.78, 5) is 14.2. The summed E-state index contributed by atoms with van der Waals surface area (Å²) < 4.78 is 40.2. The molecular formula is C19H17ClFN3O3S. The molecule has 0 saturated carbocycles. The Kier molecular flexibility index (Phi) is 5.98. The average molecular weight is 422 g/mol. The van der Waals surface area contributed by atoms with Gasteiger partial charge in [0.05, 0.1) is 15.5 Å². The fourth-order valence-corrected chi connectivity index (χ4v) is 4.79. The number of nitrogens with zero attached hydrogens (tertiary/aromatic N) is 3. The van der Waals surface area contributed by atoms with E-state index in [0.29, 0.717) is 18.5 Å². The lowest BCUT2D eigenvalue weighted by Gasteiger charge is -2.22. The van der Waals surface area contributed by atoms with Crippen LogP contribution >= 0.6 is 11.6 Å². The van der Waals surface area contributed by atoms with Gasteiger partial charge >= 0.3 is 0 Å². The van der Waals surface area contributed by atoms with Crippen molar-refractivity contribution in [2.75, 3.05) is 26.2 Å². The first-order valence-corrected chi connectivity index (χ1v) is 10.4. The number of amides is 1. The number of carbonyl (C=O) groups excluding carboxylic acids is 1. The van der Waals surface area contributed by atoms with Crippen LogP contribution in [0.15, 0.2) is 47.4 Å². The van der Waals surface area contributed by atoms with Crippen LogP contribution in [0.4, 0.5) is 4.39 Å². The van der Waals surface area contributed by atoms with Crippen molar-refractivity contribution in [3.8, 4) is 6.07 Å².